The monoisotopic (exact) mass is 332 g/mol. The predicted molar refractivity (Wildman–Crippen MR) is 100 cm³/mol. The topological polar surface area (TPSA) is 48.9 Å². The van der Waals surface area contributed by atoms with E-state index in [9.17, 15) is 0 Å². The average Bonchev–Trinajstić information content (AvgIpc) is 3.01. The first-order valence-corrected chi connectivity index (χ1v) is 8.95. The highest BCUT2D eigenvalue weighted by molar-refractivity contribution is 5.79. The van der Waals surface area contributed by atoms with Crippen LogP contribution in [-0.2, 0) is 11.3 Å². The Balaban J connectivity index is 1.59. The van der Waals surface area contributed by atoms with Gasteiger partial charge in [0.05, 0.1) is 13.2 Å². The molecule has 0 saturated carbocycles. The fraction of sp³-hybridized carbons (Fsp3) is 0.632. The summed E-state index contributed by atoms with van der Waals surface area (Å²) in [5.74, 6) is 1.31. The predicted octanol–water partition coefficient (Wildman–Crippen LogP) is 2.10. The molecule has 0 aliphatic carbocycles. The highest BCUT2D eigenvalue weighted by atomic mass is 16.5. The van der Waals surface area contributed by atoms with Gasteiger partial charge in [-0.2, -0.15) is 0 Å². The summed E-state index contributed by atoms with van der Waals surface area (Å²) < 4.78 is 5.80. The quantitative estimate of drug-likeness (QED) is 0.565. The van der Waals surface area contributed by atoms with Gasteiger partial charge in [0, 0.05) is 26.2 Å². The lowest BCUT2D eigenvalue weighted by Gasteiger charge is -2.22. The fourth-order valence-electron chi connectivity index (χ4n) is 2.95. The number of benzene rings is 1. The summed E-state index contributed by atoms with van der Waals surface area (Å²) >= 11 is 0. The maximum absolute atomic E-state index is 5.80. The van der Waals surface area contributed by atoms with Crippen LogP contribution in [0.3, 0.4) is 0 Å². The van der Waals surface area contributed by atoms with Crippen molar-refractivity contribution in [3.8, 4) is 0 Å². The van der Waals surface area contributed by atoms with Gasteiger partial charge in [0.2, 0.25) is 0 Å². The summed E-state index contributed by atoms with van der Waals surface area (Å²) in [5, 5.41) is 6.83. The molecule has 134 valence electrons. The molecule has 0 bridgehead atoms. The van der Waals surface area contributed by atoms with Gasteiger partial charge in [0.15, 0.2) is 5.96 Å². The van der Waals surface area contributed by atoms with Crippen LogP contribution in [-0.4, -0.2) is 57.2 Å². The molecular formula is C19H32N4O. The highest BCUT2D eigenvalue weighted by Gasteiger charge is 2.20. The number of hydrogen-bond acceptors (Lipinski definition) is 3. The molecule has 5 nitrogen and oxygen atoms in total. The Morgan fingerprint density at radius 1 is 1.33 bits per heavy atom. The molecule has 1 aliphatic rings. The van der Waals surface area contributed by atoms with E-state index in [0.29, 0.717) is 18.6 Å². The van der Waals surface area contributed by atoms with Crippen LogP contribution in [0.4, 0.5) is 0 Å². The van der Waals surface area contributed by atoms with Crippen molar-refractivity contribution < 1.29 is 4.74 Å². The van der Waals surface area contributed by atoms with Gasteiger partial charge in [0.1, 0.15) is 0 Å². The summed E-state index contributed by atoms with van der Waals surface area (Å²) in [6, 6.07) is 10.9. The standard InChI is InChI=1S/C19H32N4O/c1-16(14-24-15-17-8-5-4-6-9-17)12-21-19(20-2)22-13-18-10-7-11-23(18)3/h4-6,8-9,16,18H,7,10-15H2,1-3H3,(H2,20,21,22). The second-order valence-electron chi connectivity index (χ2n) is 6.72. The Morgan fingerprint density at radius 3 is 2.79 bits per heavy atom. The average molecular weight is 332 g/mol. The van der Waals surface area contributed by atoms with Crippen molar-refractivity contribution >= 4 is 5.96 Å². The van der Waals surface area contributed by atoms with Crippen molar-refractivity contribution in [3.05, 3.63) is 35.9 Å². The third-order valence-corrected chi connectivity index (χ3v) is 4.53. The lowest BCUT2D eigenvalue weighted by Crippen LogP contribution is -2.45. The molecule has 1 aliphatic heterocycles. The van der Waals surface area contributed by atoms with Crippen molar-refractivity contribution in [1.29, 1.82) is 0 Å². The number of rotatable bonds is 8. The van der Waals surface area contributed by atoms with E-state index >= 15 is 0 Å². The van der Waals surface area contributed by atoms with Crippen LogP contribution in [0.2, 0.25) is 0 Å². The molecule has 1 aromatic rings. The molecule has 0 radical (unpaired) electrons. The van der Waals surface area contributed by atoms with E-state index in [1.807, 2.05) is 25.2 Å². The Bertz CT molecular complexity index is 491. The molecule has 2 unspecified atom stereocenters. The number of likely N-dealkylation sites (tertiary alicyclic amines) is 1. The first-order valence-electron chi connectivity index (χ1n) is 8.95. The molecule has 0 aromatic heterocycles. The van der Waals surface area contributed by atoms with E-state index in [0.717, 1.165) is 25.7 Å². The van der Waals surface area contributed by atoms with Crippen LogP contribution in [0.1, 0.15) is 25.3 Å². The minimum absolute atomic E-state index is 0.432. The van der Waals surface area contributed by atoms with E-state index in [1.54, 1.807) is 0 Å². The van der Waals surface area contributed by atoms with Crippen molar-refractivity contribution in [2.45, 2.75) is 32.4 Å². The van der Waals surface area contributed by atoms with Gasteiger partial charge >= 0.3 is 0 Å². The molecule has 0 amide bonds. The van der Waals surface area contributed by atoms with Gasteiger partial charge < -0.3 is 20.3 Å². The van der Waals surface area contributed by atoms with Crippen LogP contribution in [0, 0.1) is 5.92 Å². The normalized spacial score (nSPS) is 20.1. The second kappa shape index (κ2) is 10.3. The number of guanidine groups is 1. The van der Waals surface area contributed by atoms with E-state index in [2.05, 4.69) is 46.6 Å². The van der Waals surface area contributed by atoms with Crippen molar-refractivity contribution in [1.82, 2.24) is 15.5 Å². The Hall–Kier alpha value is -1.59. The van der Waals surface area contributed by atoms with Gasteiger partial charge in [-0.3, -0.25) is 4.99 Å². The fourth-order valence-corrected chi connectivity index (χ4v) is 2.95. The van der Waals surface area contributed by atoms with Gasteiger partial charge in [-0.15, -0.1) is 0 Å². The van der Waals surface area contributed by atoms with Crippen molar-refractivity contribution in [2.24, 2.45) is 10.9 Å². The molecule has 1 aromatic carbocycles. The Labute approximate surface area is 146 Å². The first-order chi connectivity index (χ1) is 11.7. The van der Waals surface area contributed by atoms with Crippen molar-refractivity contribution in [3.63, 3.8) is 0 Å². The van der Waals surface area contributed by atoms with E-state index in [1.165, 1.54) is 24.9 Å². The zero-order valence-corrected chi connectivity index (χ0v) is 15.3. The molecule has 0 spiro atoms. The number of ether oxygens (including phenoxy) is 1. The Morgan fingerprint density at radius 2 is 2.12 bits per heavy atom. The van der Waals surface area contributed by atoms with Crippen LogP contribution in [0.5, 0.6) is 0 Å². The third-order valence-electron chi connectivity index (χ3n) is 4.53. The Kier molecular flexibility index (Phi) is 8.05. The number of likely N-dealkylation sites (N-methyl/N-ethyl adjacent to an activating group) is 1. The summed E-state index contributed by atoms with van der Waals surface area (Å²) in [6.07, 6.45) is 2.56. The van der Waals surface area contributed by atoms with Crippen LogP contribution >= 0.6 is 0 Å². The summed E-state index contributed by atoms with van der Waals surface area (Å²) in [5.41, 5.74) is 1.22. The van der Waals surface area contributed by atoms with Gasteiger partial charge in [-0.1, -0.05) is 37.3 Å². The van der Waals surface area contributed by atoms with E-state index in [4.69, 9.17) is 4.74 Å². The molecule has 24 heavy (non-hydrogen) atoms. The molecule has 1 heterocycles. The largest absolute Gasteiger partial charge is 0.376 e. The molecule has 1 fully saturated rings. The first kappa shape index (κ1) is 18.7. The molecule has 1 saturated heterocycles. The third kappa shape index (κ3) is 6.49. The second-order valence-corrected chi connectivity index (χ2v) is 6.72. The smallest absolute Gasteiger partial charge is 0.191 e. The minimum atomic E-state index is 0.432. The van der Waals surface area contributed by atoms with Gasteiger partial charge in [-0.05, 0) is 37.9 Å². The van der Waals surface area contributed by atoms with Crippen LogP contribution in [0.15, 0.2) is 35.3 Å². The summed E-state index contributed by atoms with van der Waals surface area (Å²) in [6.45, 7) is 6.62. The SMILES string of the molecule is CN=C(NCC(C)COCc1ccccc1)NCC1CCCN1C. The van der Waals surface area contributed by atoms with E-state index < -0.39 is 0 Å². The molecule has 2 rings (SSSR count). The van der Waals surface area contributed by atoms with Crippen LogP contribution < -0.4 is 10.6 Å². The van der Waals surface area contributed by atoms with Crippen molar-refractivity contribution in [2.75, 3.05) is 40.3 Å². The van der Waals surface area contributed by atoms with E-state index in [-0.39, 0.29) is 0 Å². The lowest BCUT2D eigenvalue weighted by molar-refractivity contribution is 0.0931. The maximum Gasteiger partial charge on any atom is 0.191 e. The number of nitrogens with one attached hydrogen (secondary N) is 2. The minimum Gasteiger partial charge on any atom is -0.376 e. The lowest BCUT2D eigenvalue weighted by atomic mass is 10.2. The number of nitrogens with zero attached hydrogens (tertiary/aromatic N) is 2. The maximum atomic E-state index is 5.80. The highest BCUT2D eigenvalue weighted by Crippen LogP contribution is 2.13. The summed E-state index contributed by atoms with van der Waals surface area (Å²) in [7, 11) is 4.02. The molecule has 2 atom stereocenters. The summed E-state index contributed by atoms with van der Waals surface area (Å²) in [4.78, 5) is 6.73. The number of hydrogen-bond donors (Lipinski definition) is 2. The molecule has 5 heteroatoms. The molecular weight excluding hydrogens is 300 g/mol. The zero-order chi connectivity index (χ0) is 17.2. The molecule has 2 N–H and O–H groups in total. The van der Waals surface area contributed by atoms with Crippen LogP contribution in [0.25, 0.3) is 0 Å². The zero-order valence-electron chi connectivity index (χ0n) is 15.3. The van der Waals surface area contributed by atoms with Gasteiger partial charge in [-0.25, -0.2) is 0 Å². The number of aliphatic imine (C=N–C) groups is 1. The van der Waals surface area contributed by atoms with Gasteiger partial charge in [0.25, 0.3) is 0 Å².